The van der Waals surface area contributed by atoms with E-state index in [1.54, 1.807) is 5.01 Å². The van der Waals surface area contributed by atoms with Crippen molar-refractivity contribution in [2.75, 3.05) is 26.8 Å². The molecule has 1 aromatic carbocycles. The standard InChI is InChI=1S/C21H24F2N4O5/c1-3-6-27-21(31)17-19(29)18(28)15(11-25(17)12-26(27)7-8-32-2)20(30)24-10-13-4-5-14(22)9-16(13)23/h4-5,9,11,29H,3,6-8,10,12H2,1-2H3,(H,24,30). The van der Waals surface area contributed by atoms with E-state index < -0.39 is 40.2 Å². The molecule has 0 unspecified atom stereocenters. The van der Waals surface area contributed by atoms with Crippen LogP contribution >= 0.6 is 0 Å². The molecule has 2 amide bonds. The Balaban J connectivity index is 1.90. The lowest BCUT2D eigenvalue weighted by molar-refractivity contribution is -0.0546. The van der Waals surface area contributed by atoms with Crippen LogP contribution < -0.4 is 10.7 Å². The number of hydrogen-bond acceptors (Lipinski definition) is 6. The zero-order chi connectivity index (χ0) is 23.4. The molecular formula is C21H24F2N4O5. The first kappa shape index (κ1) is 23.4. The maximum atomic E-state index is 13.8. The summed E-state index contributed by atoms with van der Waals surface area (Å²) in [7, 11) is 1.53. The highest BCUT2D eigenvalue weighted by molar-refractivity contribution is 5.98. The van der Waals surface area contributed by atoms with Gasteiger partial charge in [-0.15, -0.1) is 0 Å². The van der Waals surface area contributed by atoms with Crippen LogP contribution in [0.15, 0.2) is 29.2 Å². The molecule has 172 valence electrons. The molecule has 3 rings (SSSR count). The van der Waals surface area contributed by atoms with Crippen molar-refractivity contribution >= 4 is 11.8 Å². The second kappa shape index (κ2) is 9.88. The topological polar surface area (TPSA) is 104 Å². The Morgan fingerprint density at radius 3 is 2.66 bits per heavy atom. The van der Waals surface area contributed by atoms with Crippen molar-refractivity contribution in [3.8, 4) is 5.75 Å². The highest BCUT2D eigenvalue weighted by atomic mass is 19.1. The predicted molar refractivity (Wildman–Crippen MR) is 110 cm³/mol. The summed E-state index contributed by atoms with van der Waals surface area (Å²) in [5, 5.41) is 16.0. The van der Waals surface area contributed by atoms with Crippen molar-refractivity contribution in [3.05, 3.63) is 63.1 Å². The maximum Gasteiger partial charge on any atom is 0.288 e. The first-order valence-electron chi connectivity index (χ1n) is 10.0. The molecule has 1 aromatic heterocycles. The number of fused-ring (bicyclic) bond motifs is 1. The van der Waals surface area contributed by atoms with Crippen LogP contribution in [0, 0.1) is 11.6 Å². The van der Waals surface area contributed by atoms with E-state index >= 15 is 0 Å². The fourth-order valence-corrected chi connectivity index (χ4v) is 3.43. The number of pyridine rings is 1. The van der Waals surface area contributed by atoms with Crippen LogP contribution in [0.3, 0.4) is 0 Å². The van der Waals surface area contributed by atoms with Crippen molar-refractivity contribution in [1.29, 1.82) is 0 Å². The molecule has 0 saturated carbocycles. The molecule has 2 heterocycles. The molecule has 0 spiro atoms. The maximum absolute atomic E-state index is 13.8. The molecule has 2 aromatic rings. The molecular weight excluding hydrogens is 426 g/mol. The van der Waals surface area contributed by atoms with E-state index in [0.717, 1.165) is 6.07 Å². The quantitative estimate of drug-likeness (QED) is 0.631. The minimum atomic E-state index is -1.01. The summed E-state index contributed by atoms with van der Waals surface area (Å²) >= 11 is 0. The Hall–Kier alpha value is -3.31. The monoisotopic (exact) mass is 450 g/mol. The molecule has 11 heteroatoms. The summed E-state index contributed by atoms with van der Waals surface area (Å²) < 4.78 is 33.3. The average Bonchev–Trinajstić information content (AvgIpc) is 2.75. The van der Waals surface area contributed by atoms with Gasteiger partial charge in [-0.05, 0) is 12.5 Å². The van der Waals surface area contributed by atoms with Crippen LogP contribution in [0.1, 0.15) is 39.8 Å². The first-order chi connectivity index (χ1) is 15.3. The average molecular weight is 450 g/mol. The molecule has 0 aliphatic carbocycles. The molecule has 0 saturated heterocycles. The van der Waals surface area contributed by atoms with E-state index in [1.165, 1.54) is 28.9 Å². The molecule has 0 bridgehead atoms. The molecule has 0 atom stereocenters. The number of halogens is 2. The summed E-state index contributed by atoms with van der Waals surface area (Å²) in [4.78, 5) is 38.2. The summed E-state index contributed by atoms with van der Waals surface area (Å²) in [6.07, 6.45) is 1.84. The Labute approximate surface area is 182 Å². The Kier molecular flexibility index (Phi) is 7.21. The van der Waals surface area contributed by atoms with Crippen molar-refractivity contribution in [1.82, 2.24) is 19.9 Å². The number of amides is 2. The number of carbonyl (C=O) groups excluding carboxylic acids is 2. The SMILES string of the molecule is CCCN1C(=O)c2c(O)c(=O)c(C(=O)NCc3ccc(F)cc3F)cn2CN1CCOC. The molecule has 32 heavy (non-hydrogen) atoms. The van der Waals surface area contributed by atoms with E-state index in [0.29, 0.717) is 32.2 Å². The van der Waals surface area contributed by atoms with Gasteiger partial charge in [0.2, 0.25) is 5.43 Å². The van der Waals surface area contributed by atoms with E-state index in [9.17, 15) is 28.3 Å². The number of nitrogens with zero attached hydrogens (tertiary/aromatic N) is 3. The van der Waals surface area contributed by atoms with Gasteiger partial charge in [-0.1, -0.05) is 13.0 Å². The molecule has 1 aliphatic heterocycles. The van der Waals surface area contributed by atoms with Gasteiger partial charge < -0.3 is 19.7 Å². The van der Waals surface area contributed by atoms with Crippen LogP contribution in [-0.4, -0.2) is 58.3 Å². The molecule has 0 fully saturated rings. The van der Waals surface area contributed by atoms with Gasteiger partial charge in [0, 0.05) is 44.6 Å². The van der Waals surface area contributed by atoms with Crippen molar-refractivity contribution in [2.45, 2.75) is 26.6 Å². The number of benzene rings is 1. The number of ether oxygens (including phenoxy) is 1. The highest BCUT2D eigenvalue weighted by Crippen LogP contribution is 2.23. The molecule has 1 aliphatic rings. The molecule has 9 nitrogen and oxygen atoms in total. The first-order valence-corrected chi connectivity index (χ1v) is 10.0. The number of aromatic nitrogens is 1. The van der Waals surface area contributed by atoms with E-state index in [2.05, 4.69) is 5.32 Å². The number of carbonyl (C=O) groups is 2. The van der Waals surface area contributed by atoms with Crippen LogP contribution in [0.4, 0.5) is 8.78 Å². The number of aromatic hydroxyl groups is 1. The third-order valence-electron chi connectivity index (χ3n) is 5.04. The fourth-order valence-electron chi connectivity index (χ4n) is 3.43. The third kappa shape index (κ3) is 4.63. The minimum Gasteiger partial charge on any atom is -0.503 e. The van der Waals surface area contributed by atoms with Gasteiger partial charge in [-0.25, -0.2) is 8.78 Å². The largest absolute Gasteiger partial charge is 0.503 e. The zero-order valence-electron chi connectivity index (χ0n) is 17.7. The Morgan fingerprint density at radius 2 is 2.00 bits per heavy atom. The predicted octanol–water partition coefficient (Wildman–Crippen LogP) is 1.45. The zero-order valence-corrected chi connectivity index (χ0v) is 17.7. The van der Waals surface area contributed by atoms with Gasteiger partial charge >= 0.3 is 0 Å². The number of hydrogen-bond donors (Lipinski definition) is 2. The van der Waals surface area contributed by atoms with Gasteiger partial charge in [-0.2, -0.15) is 5.01 Å². The Morgan fingerprint density at radius 1 is 1.25 bits per heavy atom. The third-order valence-corrected chi connectivity index (χ3v) is 5.04. The van der Waals surface area contributed by atoms with Crippen LogP contribution in [-0.2, 0) is 18.0 Å². The highest BCUT2D eigenvalue weighted by Gasteiger charge is 2.34. The second-order valence-electron chi connectivity index (χ2n) is 7.25. The Bertz CT molecular complexity index is 1090. The fraction of sp³-hybridized carbons (Fsp3) is 0.381. The lowest BCUT2D eigenvalue weighted by Gasteiger charge is -2.40. The van der Waals surface area contributed by atoms with Crippen molar-refractivity contribution in [3.63, 3.8) is 0 Å². The number of methoxy groups -OCH3 is 1. The number of nitrogens with one attached hydrogen (secondary N) is 1. The lowest BCUT2D eigenvalue weighted by atomic mass is 10.1. The van der Waals surface area contributed by atoms with Crippen LogP contribution in [0.2, 0.25) is 0 Å². The van der Waals surface area contributed by atoms with Gasteiger partial charge in [0.05, 0.1) is 13.3 Å². The van der Waals surface area contributed by atoms with E-state index in [1.807, 2.05) is 6.92 Å². The summed E-state index contributed by atoms with van der Waals surface area (Å²) in [5.41, 5.74) is -1.60. The normalized spacial score (nSPS) is 13.9. The van der Waals surface area contributed by atoms with Gasteiger partial charge in [0.15, 0.2) is 11.4 Å². The molecule has 0 radical (unpaired) electrons. The van der Waals surface area contributed by atoms with Crippen molar-refractivity contribution in [2.24, 2.45) is 0 Å². The van der Waals surface area contributed by atoms with Gasteiger partial charge in [-0.3, -0.25) is 19.4 Å². The summed E-state index contributed by atoms with van der Waals surface area (Å²) in [6, 6.07) is 2.91. The van der Waals surface area contributed by atoms with E-state index in [-0.39, 0.29) is 24.5 Å². The van der Waals surface area contributed by atoms with Gasteiger partial charge in [0.1, 0.15) is 17.2 Å². The summed E-state index contributed by atoms with van der Waals surface area (Å²) in [5.74, 6) is -3.86. The smallest absolute Gasteiger partial charge is 0.288 e. The van der Waals surface area contributed by atoms with Gasteiger partial charge in [0.25, 0.3) is 11.8 Å². The van der Waals surface area contributed by atoms with E-state index in [4.69, 9.17) is 4.74 Å². The number of rotatable bonds is 8. The summed E-state index contributed by atoms with van der Waals surface area (Å²) in [6.45, 7) is 2.79. The van der Waals surface area contributed by atoms with Crippen molar-refractivity contribution < 1.29 is 28.2 Å². The van der Waals surface area contributed by atoms with Crippen LogP contribution in [0.25, 0.3) is 0 Å². The minimum absolute atomic E-state index is 0.0261. The lowest BCUT2D eigenvalue weighted by Crippen LogP contribution is -2.54. The number of hydrazine groups is 1. The second-order valence-corrected chi connectivity index (χ2v) is 7.25. The van der Waals surface area contributed by atoms with Crippen LogP contribution in [0.5, 0.6) is 5.75 Å². The molecule has 2 N–H and O–H groups in total.